The predicted molar refractivity (Wildman–Crippen MR) is 126 cm³/mol. The maximum atomic E-state index is 12.9. The number of esters is 1. The molecule has 1 unspecified atom stereocenters. The van der Waals surface area contributed by atoms with Crippen LogP contribution in [0.4, 0.5) is 0 Å². The van der Waals surface area contributed by atoms with Crippen LogP contribution in [0, 0.1) is 0 Å². The number of rotatable bonds is 10. The average Bonchev–Trinajstić information content (AvgIpc) is 2.84. The van der Waals surface area contributed by atoms with Crippen LogP contribution in [-0.4, -0.2) is 47.3 Å². The fraction of sp³-hybridized carbons (Fsp3) is 0.269. The number of carbonyl (C=O) groups excluding carboxylic acids is 2. The zero-order chi connectivity index (χ0) is 24.5. The fourth-order valence-corrected chi connectivity index (χ4v) is 3.28. The molecule has 8 heteroatoms. The number of hydrogen-bond acceptors (Lipinski definition) is 7. The molecule has 0 aliphatic rings. The van der Waals surface area contributed by atoms with E-state index >= 15 is 0 Å². The molecule has 3 atom stereocenters. The summed E-state index contributed by atoms with van der Waals surface area (Å²) < 4.78 is 16.8. The van der Waals surface area contributed by atoms with Crippen LogP contribution in [0.1, 0.15) is 29.9 Å². The number of nitrogens with zero attached hydrogens (tertiary/aromatic N) is 1. The standard InChI is InChI=1S/C26H28N2O6/c1-17(28-25(30)23-24(29)21(32-3)14-15-27-23)26(31)34-22(16-19-10-6-4-7-11-19)18(2)33-20-12-8-5-9-13-20/h4-15,17-18,22,29H,16H2,1-3H3,(H,28,30)/t17-,18+,22?/m0/s1. The van der Waals surface area contributed by atoms with Gasteiger partial charge in [0.25, 0.3) is 5.91 Å². The largest absolute Gasteiger partial charge is 0.503 e. The molecule has 3 rings (SSSR count). The number of hydrogen-bond donors (Lipinski definition) is 2. The molecule has 2 N–H and O–H groups in total. The fourth-order valence-electron chi connectivity index (χ4n) is 3.28. The second-order valence-corrected chi connectivity index (χ2v) is 7.71. The first-order chi connectivity index (χ1) is 16.4. The van der Waals surface area contributed by atoms with Crippen molar-refractivity contribution in [2.45, 2.75) is 38.5 Å². The Balaban J connectivity index is 1.70. The van der Waals surface area contributed by atoms with E-state index in [1.165, 1.54) is 26.3 Å². The summed E-state index contributed by atoms with van der Waals surface area (Å²) in [6.07, 6.45) is 0.686. The summed E-state index contributed by atoms with van der Waals surface area (Å²) in [6.45, 7) is 3.33. The summed E-state index contributed by atoms with van der Waals surface area (Å²) in [5.41, 5.74) is 0.728. The van der Waals surface area contributed by atoms with Gasteiger partial charge in [0.05, 0.1) is 7.11 Å². The Bertz CT molecular complexity index is 1090. The molecule has 34 heavy (non-hydrogen) atoms. The first kappa shape index (κ1) is 24.6. The van der Waals surface area contributed by atoms with Crippen molar-refractivity contribution in [2.24, 2.45) is 0 Å². The topological polar surface area (TPSA) is 107 Å². The molecule has 0 saturated heterocycles. The van der Waals surface area contributed by atoms with Crippen LogP contribution in [0.25, 0.3) is 0 Å². The number of carbonyl (C=O) groups is 2. The molecule has 0 spiro atoms. The van der Waals surface area contributed by atoms with Crippen molar-refractivity contribution >= 4 is 11.9 Å². The molecule has 3 aromatic rings. The molecule has 1 amide bonds. The Kier molecular flexibility index (Phi) is 8.45. The lowest BCUT2D eigenvalue weighted by molar-refractivity contribution is -0.155. The molecule has 0 fully saturated rings. The van der Waals surface area contributed by atoms with Gasteiger partial charge in [0.1, 0.15) is 24.0 Å². The summed E-state index contributed by atoms with van der Waals surface area (Å²) in [4.78, 5) is 29.3. The third-order valence-corrected chi connectivity index (χ3v) is 5.16. The van der Waals surface area contributed by atoms with Crippen LogP contribution >= 0.6 is 0 Å². The average molecular weight is 465 g/mol. The van der Waals surface area contributed by atoms with Crippen molar-refractivity contribution in [1.82, 2.24) is 10.3 Å². The van der Waals surface area contributed by atoms with Gasteiger partial charge in [0.15, 0.2) is 17.2 Å². The van der Waals surface area contributed by atoms with Crippen molar-refractivity contribution in [3.8, 4) is 17.2 Å². The van der Waals surface area contributed by atoms with Crippen molar-refractivity contribution in [3.63, 3.8) is 0 Å². The molecule has 2 aromatic carbocycles. The van der Waals surface area contributed by atoms with Gasteiger partial charge in [-0.1, -0.05) is 48.5 Å². The van der Waals surface area contributed by atoms with E-state index in [1.807, 2.05) is 67.6 Å². The maximum absolute atomic E-state index is 12.9. The van der Waals surface area contributed by atoms with Crippen LogP contribution in [0.2, 0.25) is 0 Å². The number of amides is 1. The first-order valence-corrected chi connectivity index (χ1v) is 10.9. The molecule has 0 aliphatic heterocycles. The normalized spacial score (nSPS) is 13.3. The van der Waals surface area contributed by atoms with E-state index in [2.05, 4.69) is 10.3 Å². The summed E-state index contributed by atoms with van der Waals surface area (Å²) in [5.74, 6) is -1.01. The highest BCUT2D eigenvalue weighted by Gasteiger charge is 2.28. The van der Waals surface area contributed by atoms with E-state index in [4.69, 9.17) is 14.2 Å². The smallest absolute Gasteiger partial charge is 0.328 e. The Morgan fingerprint density at radius 2 is 1.65 bits per heavy atom. The van der Waals surface area contributed by atoms with Crippen molar-refractivity contribution in [2.75, 3.05) is 7.11 Å². The van der Waals surface area contributed by atoms with Crippen LogP contribution in [0.15, 0.2) is 72.9 Å². The van der Waals surface area contributed by atoms with Gasteiger partial charge in [-0.2, -0.15) is 0 Å². The second-order valence-electron chi connectivity index (χ2n) is 7.71. The summed E-state index contributed by atoms with van der Waals surface area (Å²) in [7, 11) is 1.36. The van der Waals surface area contributed by atoms with E-state index in [0.717, 1.165) is 5.56 Å². The highest BCUT2D eigenvalue weighted by atomic mass is 16.6. The quantitative estimate of drug-likeness (QED) is 0.442. The van der Waals surface area contributed by atoms with E-state index in [-0.39, 0.29) is 11.4 Å². The van der Waals surface area contributed by atoms with Gasteiger partial charge in [0.2, 0.25) is 0 Å². The van der Waals surface area contributed by atoms with Crippen molar-refractivity contribution in [1.29, 1.82) is 0 Å². The van der Waals surface area contributed by atoms with E-state index in [1.54, 1.807) is 0 Å². The van der Waals surface area contributed by atoms with Gasteiger partial charge in [-0.05, 0) is 31.5 Å². The summed E-state index contributed by atoms with van der Waals surface area (Å²) >= 11 is 0. The third-order valence-electron chi connectivity index (χ3n) is 5.16. The van der Waals surface area contributed by atoms with Crippen molar-refractivity contribution < 1.29 is 28.9 Å². The number of aromatic hydroxyl groups is 1. The molecule has 8 nitrogen and oxygen atoms in total. The lowest BCUT2D eigenvalue weighted by Crippen LogP contribution is -2.44. The molecule has 0 aliphatic carbocycles. The van der Waals surface area contributed by atoms with Gasteiger partial charge in [-0.25, -0.2) is 9.78 Å². The van der Waals surface area contributed by atoms with Gasteiger partial charge >= 0.3 is 5.97 Å². The maximum Gasteiger partial charge on any atom is 0.328 e. The van der Waals surface area contributed by atoms with Gasteiger partial charge in [-0.3, -0.25) is 4.79 Å². The minimum Gasteiger partial charge on any atom is -0.503 e. The van der Waals surface area contributed by atoms with Crippen LogP contribution < -0.4 is 14.8 Å². The predicted octanol–water partition coefficient (Wildman–Crippen LogP) is 3.54. The third kappa shape index (κ3) is 6.48. The Hall–Kier alpha value is -4.07. The molecule has 0 bridgehead atoms. The molecule has 1 aromatic heterocycles. The number of pyridine rings is 1. The lowest BCUT2D eigenvalue weighted by atomic mass is 10.0. The molecular weight excluding hydrogens is 436 g/mol. The van der Waals surface area contributed by atoms with Gasteiger partial charge in [0, 0.05) is 18.7 Å². The Labute approximate surface area is 198 Å². The number of benzene rings is 2. The zero-order valence-corrected chi connectivity index (χ0v) is 19.3. The SMILES string of the molecule is COc1ccnc(C(=O)N[C@@H](C)C(=O)OC(Cc2ccccc2)[C@@H](C)Oc2ccccc2)c1O. The van der Waals surface area contributed by atoms with E-state index in [9.17, 15) is 14.7 Å². The number of para-hydroxylation sites is 1. The van der Waals surface area contributed by atoms with Gasteiger partial charge in [-0.15, -0.1) is 0 Å². The highest BCUT2D eigenvalue weighted by molar-refractivity contribution is 5.97. The lowest BCUT2D eigenvalue weighted by Gasteiger charge is -2.26. The molecular formula is C26H28N2O6. The second kappa shape index (κ2) is 11.7. The zero-order valence-electron chi connectivity index (χ0n) is 19.3. The monoisotopic (exact) mass is 464 g/mol. The van der Waals surface area contributed by atoms with Gasteiger partial charge < -0.3 is 24.6 Å². The van der Waals surface area contributed by atoms with E-state index < -0.39 is 35.9 Å². The Morgan fingerprint density at radius 1 is 1.00 bits per heavy atom. The molecule has 0 saturated carbocycles. The minimum atomic E-state index is -0.998. The van der Waals surface area contributed by atoms with Crippen LogP contribution in [0.3, 0.4) is 0 Å². The van der Waals surface area contributed by atoms with Crippen molar-refractivity contribution in [3.05, 3.63) is 84.2 Å². The number of aromatic nitrogens is 1. The van der Waals surface area contributed by atoms with Crippen LogP contribution in [0.5, 0.6) is 17.2 Å². The number of ether oxygens (including phenoxy) is 3. The number of methoxy groups -OCH3 is 1. The molecule has 1 heterocycles. The molecule has 0 radical (unpaired) electrons. The Morgan fingerprint density at radius 3 is 2.29 bits per heavy atom. The summed E-state index contributed by atoms with van der Waals surface area (Å²) in [6, 6.07) is 19.3. The highest BCUT2D eigenvalue weighted by Crippen LogP contribution is 2.27. The first-order valence-electron chi connectivity index (χ1n) is 10.9. The van der Waals surface area contributed by atoms with E-state index in [0.29, 0.717) is 12.2 Å². The molecule has 178 valence electrons. The summed E-state index contributed by atoms with van der Waals surface area (Å²) in [5, 5.41) is 12.7. The van der Waals surface area contributed by atoms with Crippen LogP contribution in [-0.2, 0) is 16.0 Å². The minimum absolute atomic E-state index is 0.102. The number of nitrogens with one attached hydrogen (secondary N) is 1.